The second-order valence-corrected chi connectivity index (χ2v) is 11.2. The number of rotatable bonds is 2. The number of allylic oxidation sites excluding steroid dienone is 1. The lowest BCUT2D eigenvalue weighted by molar-refractivity contribution is -0.0347. The van der Waals surface area contributed by atoms with Crippen molar-refractivity contribution in [3.8, 4) is 51.6 Å². The number of phenolic OH excluding ortho intramolecular Hbond substituents is 5. The van der Waals surface area contributed by atoms with Gasteiger partial charge in [0.15, 0.2) is 5.60 Å². The zero-order valence-electron chi connectivity index (χ0n) is 22.6. The third-order valence-electron chi connectivity index (χ3n) is 8.42. The van der Waals surface area contributed by atoms with Crippen molar-refractivity contribution in [2.45, 2.75) is 24.5 Å². The van der Waals surface area contributed by atoms with Crippen LogP contribution >= 0.6 is 0 Å². The van der Waals surface area contributed by atoms with Crippen LogP contribution in [0.3, 0.4) is 0 Å². The Morgan fingerprint density at radius 2 is 1.49 bits per heavy atom. The van der Waals surface area contributed by atoms with E-state index in [1.54, 1.807) is 49.4 Å². The third-order valence-corrected chi connectivity index (χ3v) is 8.42. The van der Waals surface area contributed by atoms with Gasteiger partial charge in [-0.1, -0.05) is 6.07 Å². The van der Waals surface area contributed by atoms with Gasteiger partial charge in [0, 0.05) is 46.2 Å². The summed E-state index contributed by atoms with van der Waals surface area (Å²) in [5, 5.41) is 64.9. The van der Waals surface area contributed by atoms with Crippen LogP contribution in [0.2, 0.25) is 0 Å². The van der Waals surface area contributed by atoms with Crippen LogP contribution in [-0.2, 0) is 0 Å². The SMILES string of the molecule is C[C@@]12C=C3C(=C(c4ccc(O)cc4O)Oc4cc(-c5cc6ccc(O)cc6o5)cc(O)c43)[C@@H](c3ccc(O)cc3O1)[C@@H]2O. The van der Waals surface area contributed by atoms with E-state index in [1.165, 1.54) is 36.4 Å². The van der Waals surface area contributed by atoms with Crippen molar-refractivity contribution in [1.82, 2.24) is 0 Å². The van der Waals surface area contributed by atoms with Crippen molar-refractivity contribution in [2.75, 3.05) is 0 Å². The first-order chi connectivity index (χ1) is 20.6. The molecule has 2 aliphatic heterocycles. The van der Waals surface area contributed by atoms with Crippen LogP contribution < -0.4 is 9.47 Å². The van der Waals surface area contributed by atoms with Gasteiger partial charge in [0.2, 0.25) is 0 Å². The fourth-order valence-corrected chi connectivity index (χ4v) is 6.43. The molecule has 0 spiro atoms. The maximum Gasteiger partial charge on any atom is 0.152 e. The molecule has 0 radical (unpaired) electrons. The summed E-state index contributed by atoms with van der Waals surface area (Å²) in [6.07, 6.45) is 0.634. The molecule has 2 bridgehead atoms. The summed E-state index contributed by atoms with van der Waals surface area (Å²) in [5.41, 5.74) is 1.98. The normalized spacial score (nSPS) is 21.8. The number of hydrogen-bond donors (Lipinski definition) is 6. The number of fused-ring (bicyclic) bond motifs is 9. The smallest absolute Gasteiger partial charge is 0.152 e. The number of hydrogen-bond acceptors (Lipinski definition) is 9. The average Bonchev–Trinajstić information content (AvgIpc) is 3.36. The number of aliphatic hydroxyl groups excluding tert-OH is 1. The highest BCUT2D eigenvalue weighted by Gasteiger charge is 2.53. The summed E-state index contributed by atoms with van der Waals surface area (Å²) in [6.45, 7) is 1.73. The van der Waals surface area contributed by atoms with Crippen molar-refractivity contribution < 1.29 is 44.5 Å². The first-order valence-electron chi connectivity index (χ1n) is 13.6. The lowest BCUT2D eigenvalue weighted by Gasteiger charge is -2.49. The molecule has 214 valence electrons. The molecule has 1 aromatic heterocycles. The summed E-state index contributed by atoms with van der Waals surface area (Å²) >= 11 is 0. The lowest BCUT2D eigenvalue weighted by Crippen LogP contribution is -2.53. The molecule has 3 heterocycles. The predicted octanol–water partition coefficient (Wildman–Crippen LogP) is 6.12. The minimum atomic E-state index is -1.24. The van der Waals surface area contributed by atoms with Crippen LogP contribution in [0.5, 0.6) is 40.2 Å². The van der Waals surface area contributed by atoms with Crippen LogP contribution in [0.1, 0.15) is 29.5 Å². The third kappa shape index (κ3) is 3.61. The second-order valence-electron chi connectivity index (χ2n) is 11.2. The molecule has 0 saturated heterocycles. The molecule has 0 unspecified atom stereocenters. The minimum absolute atomic E-state index is 0.00242. The zero-order valence-corrected chi connectivity index (χ0v) is 22.6. The molecule has 6 N–H and O–H groups in total. The Morgan fingerprint density at radius 1 is 0.744 bits per heavy atom. The highest BCUT2D eigenvalue weighted by atomic mass is 16.5. The zero-order chi connectivity index (χ0) is 29.8. The maximum absolute atomic E-state index is 11.7. The van der Waals surface area contributed by atoms with Gasteiger partial charge >= 0.3 is 0 Å². The van der Waals surface area contributed by atoms with Crippen molar-refractivity contribution >= 4 is 22.3 Å². The molecule has 0 fully saturated rings. The summed E-state index contributed by atoms with van der Waals surface area (Å²) in [4.78, 5) is 0. The molecule has 4 aromatic carbocycles. The van der Waals surface area contributed by atoms with Gasteiger partial charge in [-0.2, -0.15) is 0 Å². The highest BCUT2D eigenvalue weighted by Crippen LogP contribution is 2.60. The number of ether oxygens (including phenoxy) is 2. The van der Waals surface area contributed by atoms with E-state index in [2.05, 4.69) is 0 Å². The molecule has 9 nitrogen and oxygen atoms in total. The minimum Gasteiger partial charge on any atom is -0.508 e. The molecule has 5 aromatic rings. The Morgan fingerprint density at radius 3 is 2.30 bits per heavy atom. The van der Waals surface area contributed by atoms with E-state index in [0.717, 1.165) is 5.39 Å². The predicted molar refractivity (Wildman–Crippen MR) is 156 cm³/mol. The molecule has 43 heavy (non-hydrogen) atoms. The molecule has 1 aliphatic carbocycles. The molecule has 3 aliphatic rings. The molecule has 0 saturated carbocycles. The Balaban J connectivity index is 1.39. The monoisotopic (exact) mass is 576 g/mol. The van der Waals surface area contributed by atoms with Gasteiger partial charge in [0.05, 0.1) is 11.1 Å². The van der Waals surface area contributed by atoms with Crippen LogP contribution in [0.15, 0.2) is 88.9 Å². The lowest BCUT2D eigenvalue weighted by atomic mass is 9.66. The second kappa shape index (κ2) is 8.50. The Hall–Kier alpha value is -5.54. The van der Waals surface area contributed by atoms with Gasteiger partial charge in [-0.3, -0.25) is 0 Å². The Labute approximate surface area is 244 Å². The van der Waals surface area contributed by atoms with Crippen LogP contribution in [0.4, 0.5) is 0 Å². The summed E-state index contributed by atoms with van der Waals surface area (Å²) in [5.74, 6) is 0.130. The van der Waals surface area contributed by atoms with Crippen molar-refractivity contribution in [3.05, 3.63) is 101 Å². The number of phenols is 5. The molecule has 0 amide bonds. The van der Waals surface area contributed by atoms with Gasteiger partial charge in [-0.25, -0.2) is 0 Å². The Bertz CT molecular complexity index is 2090. The van der Waals surface area contributed by atoms with Gasteiger partial charge < -0.3 is 44.5 Å². The van der Waals surface area contributed by atoms with E-state index >= 15 is 0 Å². The maximum atomic E-state index is 11.7. The van der Waals surface area contributed by atoms with Gasteiger partial charge in [0.25, 0.3) is 0 Å². The van der Waals surface area contributed by atoms with E-state index in [0.29, 0.717) is 44.9 Å². The van der Waals surface area contributed by atoms with E-state index in [1.807, 2.05) is 0 Å². The summed E-state index contributed by atoms with van der Waals surface area (Å²) in [7, 11) is 0. The van der Waals surface area contributed by atoms with Gasteiger partial charge in [-0.05, 0) is 67.1 Å². The Kier molecular flexibility index (Phi) is 4.98. The van der Waals surface area contributed by atoms with Crippen molar-refractivity contribution in [2.24, 2.45) is 0 Å². The highest BCUT2D eigenvalue weighted by molar-refractivity contribution is 5.99. The van der Waals surface area contributed by atoms with Crippen molar-refractivity contribution in [3.63, 3.8) is 0 Å². The van der Waals surface area contributed by atoms with E-state index in [4.69, 9.17) is 13.9 Å². The number of aromatic hydroxyl groups is 5. The largest absolute Gasteiger partial charge is 0.508 e. The molecule has 3 atom stereocenters. The van der Waals surface area contributed by atoms with Crippen LogP contribution in [0, 0.1) is 0 Å². The number of aliphatic hydroxyl groups is 1. The molecular weight excluding hydrogens is 552 g/mol. The topological polar surface area (TPSA) is 153 Å². The van der Waals surface area contributed by atoms with E-state index in [-0.39, 0.29) is 45.8 Å². The molecule has 8 rings (SSSR count). The molecular formula is C34H24O9. The standard InChI is InChI=1S/C34H24O9/c1-34-14-22-29-24(39)8-16(25-9-15-2-3-18(36)12-26(15)41-25)10-28(29)42-32(20-6-4-17(35)11-23(20)38)30(22)31(33(34)40)21-7-5-19(37)13-27(21)43-34/h2-14,31,33,35-40H,1H3/t31-,33+,34+/m1/s1. The van der Waals surface area contributed by atoms with Gasteiger partial charge in [-0.15, -0.1) is 0 Å². The van der Waals surface area contributed by atoms with Crippen LogP contribution in [0.25, 0.3) is 33.6 Å². The van der Waals surface area contributed by atoms with Crippen molar-refractivity contribution in [1.29, 1.82) is 0 Å². The summed E-state index contributed by atoms with van der Waals surface area (Å²) < 4.78 is 18.7. The fourth-order valence-electron chi connectivity index (χ4n) is 6.43. The first kappa shape index (κ1) is 25.2. The quantitative estimate of drug-likeness (QED) is 0.146. The number of benzene rings is 4. The van der Waals surface area contributed by atoms with Gasteiger partial charge in [0.1, 0.15) is 63.5 Å². The van der Waals surface area contributed by atoms with E-state index < -0.39 is 17.6 Å². The summed E-state index contributed by atoms with van der Waals surface area (Å²) in [6, 6.07) is 18.6. The first-order valence-corrected chi connectivity index (χ1v) is 13.6. The van der Waals surface area contributed by atoms with Crippen LogP contribution in [-0.4, -0.2) is 42.3 Å². The fraction of sp³-hybridized carbons (Fsp3) is 0.118. The average molecular weight is 577 g/mol. The number of furan rings is 1. The van der Waals surface area contributed by atoms with E-state index in [9.17, 15) is 30.6 Å². The molecule has 9 heteroatoms.